The molecule has 2 aromatic rings. The molecule has 1 aromatic carbocycles. The number of ether oxygens (including phenoxy) is 2. The Balaban J connectivity index is 1.63. The summed E-state index contributed by atoms with van der Waals surface area (Å²) in [7, 11) is 0. The van der Waals surface area contributed by atoms with Crippen molar-refractivity contribution in [1.29, 1.82) is 0 Å². The number of nitrogens with two attached hydrogens (primary N) is 1. The quantitative estimate of drug-likeness (QED) is 0.898. The maximum atomic E-state index is 5.89. The van der Waals surface area contributed by atoms with Crippen molar-refractivity contribution in [2.75, 3.05) is 6.61 Å². The summed E-state index contributed by atoms with van der Waals surface area (Å²) in [5.41, 5.74) is 6.91. The summed E-state index contributed by atoms with van der Waals surface area (Å²) in [5, 5.41) is 3.87. The Labute approximate surface area is 116 Å². The van der Waals surface area contributed by atoms with E-state index in [1.807, 2.05) is 18.2 Å². The number of aromatic nitrogens is 2. The molecule has 1 atom stereocenters. The van der Waals surface area contributed by atoms with E-state index in [0.29, 0.717) is 24.1 Å². The smallest absolute Gasteiger partial charge is 0.226 e. The van der Waals surface area contributed by atoms with Crippen molar-refractivity contribution in [3.8, 4) is 11.5 Å². The minimum absolute atomic E-state index is 0.0483. The van der Waals surface area contributed by atoms with Crippen molar-refractivity contribution in [2.45, 2.75) is 32.4 Å². The van der Waals surface area contributed by atoms with Crippen molar-refractivity contribution in [3.05, 3.63) is 35.5 Å². The highest BCUT2D eigenvalue weighted by Crippen LogP contribution is 2.34. The van der Waals surface area contributed by atoms with Gasteiger partial charge in [0, 0.05) is 18.1 Å². The minimum atomic E-state index is -0.0483. The topological polar surface area (TPSA) is 83.4 Å². The zero-order chi connectivity index (χ0) is 13.9. The predicted molar refractivity (Wildman–Crippen MR) is 71.5 cm³/mol. The van der Waals surface area contributed by atoms with Gasteiger partial charge in [0.25, 0.3) is 0 Å². The lowest BCUT2D eigenvalue weighted by Gasteiger charge is -2.05. The van der Waals surface area contributed by atoms with Crippen LogP contribution < -0.4 is 15.2 Å². The number of hydrogen-bond acceptors (Lipinski definition) is 6. The summed E-state index contributed by atoms with van der Waals surface area (Å²) >= 11 is 0. The number of aryl methyl sites for hydroxylation is 1. The van der Waals surface area contributed by atoms with Crippen LogP contribution in [0.3, 0.4) is 0 Å². The van der Waals surface area contributed by atoms with Gasteiger partial charge in [-0.15, -0.1) is 0 Å². The molecule has 0 saturated heterocycles. The first-order valence-electron chi connectivity index (χ1n) is 6.73. The Morgan fingerprint density at radius 2 is 2.35 bits per heavy atom. The van der Waals surface area contributed by atoms with Crippen molar-refractivity contribution in [1.82, 2.24) is 10.1 Å². The molecule has 0 aliphatic carbocycles. The summed E-state index contributed by atoms with van der Waals surface area (Å²) in [6.07, 6.45) is 1.77. The number of rotatable bonds is 5. The van der Waals surface area contributed by atoms with Crippen LogP contribution in [0.2, 0.25) is 0 Å². The number of hydrogen-bond donors (Lipinski definition) is 1. The van der Waals surface area contributed by atoms with Crippen LogP contribution in [-0.4, -0.2) is 16.7 Å². The zero-order valence-corrected chi connectivity index (χ0v) is 11.3. The molecule has 2 heterocycles. The second-order valence-corrected chi connectivity index (χ2v) is 4.76. The first kappa shape index (κ1) is 12.9. The highest BCUT2D eigenvalue weighted by Gasteiger charge is 2.20. The fourth-order valence-electron chi connectivity index (χ4n) is 2.12. The molecule has 0 radical (unpaired) electrons. The second kappa shape index (κ2) is 5.50. The van der Waals surface area contributed by atoms with Crippen LogP contribution in [0.25, 0.3) is 0 Å². The van der Waals surface area contributed by atoms with Gasteiger partial charge in [-0.3, -0.25) is 0 Å². The van der Waals surface area contributed by atoms with Gasteiger partial charge in [0.05, 0.1) is 6.04 Å². The highest BCUT2D eigenvalue weighted by atomic mass is 16.5. The Morgan fingerprint density at radius 1 is 1.45 bits per heavy atom. The van der Waals surface area contributed by atoms with Gasteiger partial charge < -0.3 is 19.7 Å². The molecule has 0 fully saturated rings. The Kier molecular flexibility index (Phi) is 3.56. The van der Waals surface area contributed by atoms with E-state index in [1.165, 1.54) is 0 Å². The lowest BCUT2D eigenvalue weighted by Crippen LogP contribution is -2.10. The third kappa shape index (κ3) is 2.60. The predicted octanol–water partition coefficient (Wildman–Crippen LogP) is 1.99. The summed E-state index contributed by atoms with van der Waals surface area (Å²) in [6, 6.07) is 5.60. The zero-order valence-electron chi connectivity index (χ0n) is 11.3. The lowest BCUT2D eigenvalue weighted by atomic mass is 10.1. The van der Waals surface area contributed by atoms with Gasteiger partial charge >= 0.3 is 0 Å². The van der Waals surface area contributed by atoms with E-state index in [1.54, 1.807) is 0 Å². The molecule has 2 N–H and O–H groups in total. The van der Waals surface area contributed by atoms with E-state index < -0.39 is 0 Å². The largest absolute Gasteiger partial charge is 0.491 e. The molecule has 1 unspecified atom stereocenters. The van der Waals surface area contributed by atoms with Crippen LogP contribution in [0.15, 0.2) is 22.7 Å². The summed E-state index contributed by atoms with van der Waals surface area (Å²) < 4.78 is 16.2. The van der Waals surface area contributed by atoms with Crippen molar-refractivity contribution < 1.29 is 14.0 Å². The molecule has 1 aromatic heterocycles. The van der Waals surface area contributed by atoms with Crippen molar-refractivity contribution in [2.24, 2.45) is 5.73 Å². The van der Waals surface area contributed by atoms with Crippen LogP contribution in [-0.2, 0) is 13.0 Å². The van der Waals surface area contributed by atoms with E-state index in [2.05, 4.69) is 17.1 Å². The molecule has 0 bridgehead atoms. The lowest BCUT2D eigenvalue weighted by molar-refractivity contribution is 0.282. The summed E-state index contributed by atoms with van der Waals surface area (Å²) in [6.45, 7) is 2.86. The number of nitrogens with zero attached hydrogens (tertiary/aromatic N) is 2. The minimum Gasteiger partial charge on any atom is -0.491 e. The van der Waals surface area contributed by atoms with Gasteiger partial charge in [0.15, 0.2) is 6.61 Å². The maximum absolute atomic E-state index is 5.89. The molecule has 3 rings (SSSR count). The van der Waals surface area contributed by atoms with Crippen LogP contribution >= 0.6 is 0 Å². The molecule has 1 aliphatic rings. The van der Waals surface area contributed by atoms with Crippen LogP contribution in [0.1, 0.15) is 36.7 Å². The summed E-state index contributed by atoms with van der Waals surface area (Å²) in [4.78, 5) is 4.25. The monoisotopic (exact) mass is 275 g/mol. The van der Waals surface area contributed by atoms with Crippen molar-refractivity contribution in [3.63, 3.8) is 0 Å². The van der Waals surface area contributed by atoms with Crippen molar-refractivity contribution >= 4 is 0 Å². The first-order valence-corrected chi connectivity index (χ1v) is 6.73. The van der Waals surface area contributed by atoms with Gasteiger partial charge in [-0.1, -0.05) is 12.1 Å². The van der Waals surface area contributed by atoms with Crippen LogP contribution in [0.4, 0.5) is 0 Å². The maximum Gasteiger partial charge on any atom is 0.226 e. The molecule has 0 amide bonds. The van der Waals surface area contributed by atoms with E-state index >= 15 is 0 Å². The molecule has 0 spiro atoms. The normalized spacial score (nSPS) is 16.8. The third-order valence-electron chi connectivity index (χ3n) is 3.14. The SMILES string of the molecule is CCCc1nc(COc2ccc3c(c2)OCC3N)no1. The van der Waals surface area contributed by atoms with Gasteiger partial charge in [0.2, 0.25) is 11.7 Å². The molecule has 6 nitrogen and oxygen atoms in total. The third-order valence-corrected chi connectivity index (χ3v) is 3.14. The van der Waals surface area contributed by atoms with Crippen LogP contribution in [0, 0.1) is 0 Å². The molecule has 20 heavy (non-hydrogen) atoms. The molecular weight excluding hydrogens is 258 g/mol. The average Bonchev–Trinajstić information content (AvgIpc) is 3.04. The molecule has 0 saturated carbocycles. The fraction of sp³-hybridized carbons (Fsp3) is 0.429. The van der Waals surface area contributed by atoms with E-state index in [9.17, 15) is 0 Å². The van der Waals surface area contributed by atoms with Crippen LogP contribution in [0.5, 0.6) is 11.5 Å². The van der Waals surface area contributed by atoms with Gasteiger partial charge in [-0.25, -0.2) is 0 Å². The first-order chi connectivity index (χ1) is 9.76. The van der Waals surface area contributed by atoms with Gasteiger partial charge in [-0.05, 0) is 18.6 Å². The van der Waals surface area contributed by atoms with E-state index in [4.69, 9.17) is 19.7 Å². The van der Waals surface area contributed by atoms with E-state index in [-0.39, 0.29) is 12.6 Å². The summed E-state index contributed by atoms with van der Waals surface area (Å²) in [5.74, 6) is 2.69. The molecule has 1 aliphatic heterocycles. The number of benzene rings is 1. The Morgan fingerprint density at radius 3 is 3.20 bits per heavy atom. The number of fused-ring (bicyclic) bond motifs is 1. The second-order valence-electron chi connectivity index (χ2n) is 4.76. The standard InChI is InChI=1S/C14H17N3O3/c1-2-3-14-16-13(17-20-14)8-18-9-4-5-10-11(15)7-19-12(10)6-9/h4-6,11H,2-3,7-8,15H2,1H3. The Bertz CT molecular complexity index is 597. The average molecular weight is 275 g/mol. The van der Waals surface area contributed by atoms with Gasteiger partial charge in [0.1, 0.15) is 18.1 Å². The highest BCUT2D eigenvalue weighted by molar-refractivity contribution is 5.44. The Hall–Kier alpha value is -2.08. The molecular formula is C14H17N3O3. The fourth-order valence-corrected chi connectivity index (χ4v) is 2.12. The van der Waals surface area contributed by atoms with E-state index in [0.717, 1.165) is 24.2 Å². The van der Waals surface area contributed by atoms with Gasteiger partial charge in [-0.2, -0.15) is 4.98 Å². The molecule has 106 valence electrons. The molecule has 6 heteroatoms.